The first-order chi connectivity index (χ1) is 34.5. The highest BCUT2D eigenvalue weighted by atomic mass is 16.6. The fraction of sp³-hybridized carbons (Fsp3) is 0.672. The van der Waals surface area contributed by atoms with E-state index in [1.165, 1.54) is 83.5 Å². The molecule has 1 unspecified atom stereocenters. The minimum Gasteiger partial charge on any atom is -0.462 e. The van der Waals surface area contributed by atoms with Crippen LogP contribution >= 0.6 is 0 Å². The Bertz CT molecular complexity index is 1440. The van der Waals surface area contributed by atoms with Crippen LogP contribution in [0.1, 0.15) is 258 Å². The molecule has 0 N–H and O–H groups in total. The van der Waals surface area contributed by atoms with Crippen molar-refractivity contribution >= 4 is 17.9 Å². The van der Waals surface area contributed by atoms with Crippen molar-refractivity contribution in [1.29, 1.82) is 0 Å². The molecule has 0 radical (unpaired) electrons. The minimum atomic E-state index is -0.801. The number of rotatable bonds is 51. The lowest BCUT2D eigenvalue weighted by atomic mass is 10.1. The molecule has 0 bridgehead atoms. The molecular weight excluding hydrogens is 865 g/mol. The van der Waals surface area contributed by atoms with Crippen molar-refractivity contribution in [1.82, 2.24) is 0 Å². The fourth-order valence-electron chi connectivity index (χ4n) is 7.65. The van der Waals surface area contributed by atoms with Crippen LogP contribution in [0.3, 0.4) is 0 Å². The first-order valence-corrected chi connectivity index (χ1v) is 28.9. The summed E-state index contributed by atoms with van der Waals surface area (Å²) in [4.78, 5) is 38.1. The van der Waals surface area contributed by atoms with Crippen LogP contribution in [0.25, 0.3) is 0 Å². The molecule has 1 atom stereocenters. The van der Waals surface area contributed by atoms with Gasteiger partial charge in [-0.15, -0.1) is 0 Å². The predicted octanol–water partition coefficient (Wildman–Crippen LogP) is 19.5. The highest BCUT2D eigenvalue weighted by Gasteiger charge is 2.19. The number of carbonyl (C=O) groups is 3. The quantitative estimate of drug-likeness (QED) is 0.0262. The van der Waals surface area contributed by atoms with Crippen molar-refractivity contribution in [3.8, 4) is 0 Å². The molecular formula is C64H106O6. The van der Waals surface area contributed by atoms with Gasteiger partial charge in [0.25, 0.3) is 0 Å². The maximum atomic E-state index is 12.8. The summed E-state index contributed by atoms with van der Waals surface area (Å²) < 4.78 is 16.8. The normalized spacial score (nSPS) is 12.9. The van der Waals surface area contributed by atoms with E-state index in [-0.39, 0.29) is 31.1 Å². The second-order valence-corrected chi connectivity index (χ2v) is 18.8. The number of hydrogen-bond donors (Lipinski definition) is 0. The Morgan fingerprint density at radius 3 is 0.929 bits per heavy atom. The minimum absolute atomic E-state index is 0.0975. The second-order valence-electron chi connectivity index (χ2n) is 18.8. The molecule has 0 fully saturated rings. The van der Waals surface area contributed by atoms with Gasteiger partial charge in [-0.25, -0.2) is 0 Å². The van der Waals surface area contributed by atoms with E-state index in [2.05, 4.69) is 130 Å². The van der Waals surface area contributed by atoms with E-state index in [4.69, 9.17) is 14.2 Å². The molecule has 0 saturated heterocycles. The van der Waals surface area contributed by atoms with E-state index in [0.29, 0.717) is 19.3 Å². The zero-order valence-corrected chi connectivity index (χ0v) is 45.5. The fourth-order valence-corrected chi connectivity index (χ4v) is 7.65. The van der Waals surface area contributed by atoms with Gasteiger partial charge in [-0.05, 0) is 128 Å². The first-order valence-electron chi connectivity index (χ1n) is 28.9. The summed E-state index contributed by atoms with van der Waals surface area (Å²) in [5.74, 6) is -0.949. The molecule has 398 valence electrons. The number of ether oxygens (including phenoxy) is 3. The smallest absolute Gasteiger partial charge is 0.306 e. The van der Waals surface area contributed by atoms with E-state index in [1.54, 1.807) is 0 Å². The maximum absolute atomic E-state index is 12.8. The highest BCUT2D eigenvalue weighted by molar-refractivity contribution is 5.71. The van der Waals surface area contributed by atoms with Crippen molar-refractivity contribution < 1.29 is 28.6 Å². The summed E-state index contributed by atoms with van der Waals surface area (Å²) in [7, 11) is 0. The van der Waals surface area contributed by atoms with Crippen LogP contribution in [0.4, 0.5) is 0 Å². The Labute approximate surface area is 431 Å². The van der Waals surface area contributed by atoms with Gasteiger partial charge < -0.3 is 14.2 Å². The first kappa shape index (κ1) is 66.1. The molecule has 6 nitrogen and oxygen atoms in total. The van der Waals surface area contributed by atoms with Crippen LogP contribution in [-0.2, 0) is 28.6 Å². The molecule has 0 aliphatic heterocycles. The van der Waals surface area contributed by atoms with E-state index < -0.39 is 6.10 Å². The highest BCUT2D eigenvalue weighted by Crippen LogP contribution is 2.14. The number of carbonyl (C=O) groups excluding carboxylic acids is 3. The van der Waals surface area contributed by atoms with Gasteiger partial charge in [-0.3, -0.25) is 14.4 Å². The lowest BCUT2D eigenvalue weighted by Gasteiger charge is -2.18. The molecule has 0 aromatic rings. The molecule has 6 heteroatoms. The summed E-state index contributed by atoms with van der Waals surface area (Å²) >= 11 is 0. The number of unbranched alkanes of at least 4 members (excludes halogenated alkanes) is 22. The Morgan fingerprint density at radius 2 is 0.557 bits per heavy atom. The summed E-state index contributed by atoms with van der Waals surface area (Å²) in [5, 5.41) is 0. The standard InChI is InChI=1S/C64H106O6/c1-4-7-10-13-16-19-22-25-27-28-29-30-31-32-33-34-35-36-38-39-42-45-48-51-54-57-63(66)69-60-61(59-68-62(65)56-53-50-47-44-41-24-21-18-15-12-9-6-3)70-64(67)58-55-52-49-46-43-40-37-26-23-20-17-14-11-8-5-2/h7,10,16,18-19,21,25-27,29-30,32-33,35-37,39,42,61H,4-6,8-9,11-15,17,20,22-24,28,31,34,38,40-41,43-60H2,1-3H3/b10-7-,19-16-,21-18-,27-25-,30-29-,33-32-,36-35-,37-26-,42-39-. The van der Waals surface area contributed by atoms with Crippen molar-refractivity contribution in [2.24, 2.45) is 0 Å². The molecule has 0 heterocycles. The van der Waals surface area contributed by atoms with Crippen LogP contribution in [0, 0.1) is 0 Å². The molecule has 0 aliphatic rings. The molecule has 0 spiro atoms. The average molecular weight is 972 g/mol. The van der Waals surface area contributed by atoms with Gasteiger partial charge in [-0.2, -0.15) is 0 Å². The molecule has 70 heavy (non-hydrogen) atoms. The Morgan fingerprint density at radius 1 is 0.300 bits per heavy atom. The van der Waals surface area contributed by atoms with Gasteiger partial charge in [0.1, 0.15) is 13.2 Å². The third-order valence-electron chi connectivity index (χ3n) is 12.0. The van der Waals surface area contributed by atoms with E-state index in [1.807, 2.05) is 0 Å². The number of esters is 3. The number of hydrogen-bond acceptors (Lipinski definition) is 6. The van der Waals surface area contributed by atoms with Crippen LogP contribution in [0.15, 0.2) is 109 Å². The van der Waals surface area contributed by atoms with Crippen molar-refractivity contribution in [2.45, 2.75) is 264 Å². The molecule has 0 aromatic heterocycles. The summed E-state index contributed by atoms with van der Waals surface area (Å²) in [5.41, 5.74) is 0. The third-order valence-corrected chi connectivity index (χ3v) is 12.0. The Balaban J connectivity index is 4.42. The molecule has 0 amide bonds. The van der Waals surface area contributed by atoms with Gasteiger partial charge in [-0.1, -0.05) is 220 Å². The van der Waals surface area contributed by atoms with Crippen LogP contribution in [0.5, 0.6) is 0 Å². The molecule has 0 saturated carbocycles. The van der Waals surface area contributed by atoms with E-state index >= 15 is 0 Å². The van der Waals surface area contributed by atoms with Crippen molar-refractivity contribution in [2.75, 3.05) is 13.2 Å². The van der Waals surface area contributed by atoms with Gasteiger partial charge in [0.15, 0.2) is 6.10 Å². The maximum Gasteiger partial charge on any atom is 0.306 e. The predicted molar refractivity (Wildman–Crippen MR) is 302 cm³/mol. The van der Waals surface area contributed by atoms with Crippen molar-refractivity contribution in [3.05, 3.63) is 109 Å². The molecule has 0 aliphatic carbocycles. The second kappa shape index (κ2) is 57.6. The SMILES string of the molecule is CC/C=C\C/C=C\C/C=C\C/C=C\C/C=C\C/C=C\C/C=C\CCCCCC(=O)OCC(COC(=O)CCCCCCC/C=C\CCCCC)OC(=O)CCCCCCC/C=C\CCCCCCCC. The zero-order chi connectivity index (χ0) is 50.7. The topological polar surface area (TPSA) is 78.9 Å². The summed E-state index contributed by atoms with van der Waals surface area (Å²) in [6.45, 7) is 6.45. The van der Waals surface area contributed by atoms with Crippen LogP contribution in [-0.4, -0.2) is 37.2 Å². The van der Waals surface area contributed by atoms with Gasteiger partial charge in [0.2, 0.25) is 0 Å². The summed E-state index contributed by atoms with van der Waals surface area (Å²) in [6.07, 6.45) is 77.9. The Hall–Kier alpha value is -3.93. The lowest BCUT2D eigenvalue weighted by molar-refractivity contribution is -0.167. The monoisotopic (exact) mass is 971 g/mol. The van der Waals surface area contributed by atoms with Crippen LogP contribution in [0.2, 0.25) is 0 Å². The molecule has 0 rings (SSSR count). The largest absolute Gasteiger partial charge is 0.462 e. The van der Waals surface area contributed by atoms with Gasteiger partial charge in [0.05, 0.1) is 0 Å². The van der Waals surface area contributed by atoms with Crippen molar-refractivity contribution in [3.63, 3.8) is 0 Å². The average Bonchev–Trinajstić information content (AvgIpc) is 3.36. The zero-order valence-electron chi connectivity index (χ0n) is 45.5. The van der Waals surface area contributed by atoms with Gasteiger partial charge >= 0.3 is 17.9 Å². The summed E-state index contributed by atoms with van der Waals surface area (Å²) in [6, 6.07) is 0. The Kier molecular flexibility index (Phi) is 54.4. The molecule has 0 aromatic carbocycles. The third kappa shape index (κ3) is 55.0. The van der Waals surface area contributed by atoms with E-state index in [9.17, 15) is 14.4 Å². The number of allylic oxidation sites excluding steroid dienone is 18. The van der Waals surface area contributed by atoms with E-state index in [0.717, 1.165) is 135 Å². The lowest BCUT2D eigenvalue weighted by Crippen LogP contribution is -2.30. The van der Waals surface area contributed by atoms with Gasteiger partial charge in [0, 0.05) is 19.3 Å². The van der Waals surface area contributed by atoms with Crippen LogP contribution < -0.4 is 0 Å².